The van der Waals surface area contributed by atoms with Gasteiger partial charge in [0.2, 0.25) is 0 Å². The second kappa shape index (κ2) is 8.02. The lowest BCUT2D eigenvalue weighted by Crippen LogP contribution is -2.23. The Labute approximate surface area is 120 Å². The largest absolute Gasteiger partial charge is 0.497 e. The summed E-state index contributed by atoms with van der Waals surface area (Å²) in [5.74, 6) is 0.611. The zero-order valence-electron chi connectivity index (χ0n) is 11.9. The molecule has 0 bridgehead atoms. The Morgan fingerprint density at radius 3 is 3.05 bits per heavy atom. The van der Waals surface area contributed by atoms with Crippen LogP contribution in [0.3, 0.4) is 0 Å². The molecule has 1 aromatic rings. The van der Waals surface area contributed by atoms with Gasteiger partial charge in [-0.15, -0.1) is 0 Å². The molecule has 2 atom stereocenters. The van der Waals surface area contributed by atoms with Gasteiger partial charge < -0.3 is 19.0 Å². The van der Waals surface area contributed by atoms with E-state index in [0.29, 0.717) is 13.0 Å². The van der Waals surface area contributed by atoms with Crippen molar-refractivity contribution in [3.8, 4) is 5.75 Å². The number of carbonyl (C=O) groups is 1. The smallest absolute Gasteiger partial charge is 0.157 e. The molecule has 1 fully saturated rings. The average molecular weight is 278 g/mol. The molecule has 2 unspecified atom stereocenters. The van der Waals surface area contributed by atoms with Gasteiger partial charge in [0, 0.05) is 12.5 Å². The Hall–Kier alpha value is -1.39. The van der Waals surface area contributed by atoms with Gasteiger partial charge >= 0.3 is 0 Å². The van der Waals surface area contributed by atoms with Crippen LogP contribution >= 0.6 is 0 Å². The molecule has 0 saturated carbocycles. The summed E-state index contributed by atoms with van der Waals surface area (Å²) < 4.78 is 16.4. The predicted octanol–water partition coefficient (Wildman–Crippen LogP) is 2.91. The van der Waals surface area contributed by atoms with E-state index in [1.54, 1.807) is 7.11 Å². The van der Waals surface area contributed by atoms with Gasteiger partial charge in [-0.2, -0.15) is 0 Å². The number of ether oxygens (including phenoxy) is 3. The van der Waals surface area contributed by atoms with E-state index in [1.165, 1.54) is 0 Å². The molecule has 0 amide bonds. The third kappa shape index (κ3) is 4.32. The highest BCUT2D eigenvalue weighted by atomic mass is 16.7. The van der Waals surface area contributed by atoms with Crippen LogP contribution in [0.15, 0.2) is 24.3 Å². The Balaban J connectivity index is 1.83. The van der Waals surface area contributed by atoms with Crippen LogP contribution in [-0.4, -0.2) is 32.9 Å². The van der Waals surface area contributed by atoms with E-state index in [9.17, 15) is 4.79 Å². The van der Waals surface area contributed by atoms with Crippen molar-refractivity contribution in [3.05, 3.63) is 29.8 Å². The van der Waals surface area contributed by atoms with Crippen LogP contribution in [0.2, 0.25) is 0 Å². The van der Waals surface area contributed by atoms with Crippen molar-refractivity contribution >= 4 is 6.29 Å². The molecule has 110 valence electrons. The zero-order valence-corrected chi connectivity index (χ0v) is 11.9. The summed E-state index contributed by atoms with van der Waals surface area (Å²) in [7, 11) is 1.62. The Kier molecular flexibility index (Phi) is 6.02. The molecule has 0 radical (unpaired) electrons. The average Bonchev–Trinajstić information content (AvgIpc) is 2.52. The molecule has 4 heteroatoms. The maximum atomic E-state index is 11.3. The fourth-order valence-corrected chi connectivity index (χ4v) is 2.35. The first kappa shape index (κ1) is 15.0. The number of carbonyl (C=O) groups excluding carboxylic acids is 1. The first-order chi connectivity index (χ1) is 9.83. The summed E-state index contributed by atoms with van der Waals surface area (Å²) in [4.78, 5) is 11.3. The van der Waals surface area contributed by atoms with Gasteiger partial charge in [0.25, 0.3) is 0 Å². The fraction of sp³-hybridized carbons (Fsp3) is 0.562. The minimum atomic E-state index is -0.159. The summed E-state index contributed by atoms with van der Waals surface area (Å²) >= 11 is 0. The quantitative estimate of drug-likeness (QED) is 0.719. The highest BCUT2D eigenvalue weighted by Gasteiger charge is 2.16. The van der Waals surface area contributed by atoms with Crippen molar-refractivity contribution in [3.63, 3.8) is 0 Å². The lowest BCUT2D eigenvalue weighted by atomic mass is 9.97. The first-order valence-electron chi connectivity index (χ1n) is 7.16. The minimum absolute atomic E-state index is 0.0960. The highest BCUT2D eigenvalue weighted by molar-refractivity contribution is 5.62. The van der Waals surface area contributed by atoms with E-state index in [2.05, 4.69) is 0 Å². The second-order valence-electron chi connectivity index (χ2n) is 4.97. The Morgan fingerprint density at radius 1 is 1.45 bits per heavy atom. The van der Waals surface area contributed by atoms with Crippen LogP contribution in [-0.2, 0) is 14.3 Å². The van der Waals surface area contributed by atoms with E-state index in [-0.39, 0.29) is 12.2 Å². The number of rotatable bonds is 7. The Morgan fingerprint density at radius 2 is 2.35 bits per heavy atom. The first-order valence-corrected chi connectivity index (χ1v) is 7.16. The van der Waals surface area contributed by atoms with Crippen LogP contribution in [0.4, 0.5) is 0 Å². The van der Waals surface area contributed by atoms with E-state index in [4.69, 9.17) is 14.2 Å². The molecule has 1 aliphatic rings. The molecule has 2 rings (SSSR count). The van der Waals surface area contributed by atoms with Gasteiger partial charge in [-0.05, 0) is 43.4 Å². The standard InChI is InChI=1S/C16H22O4/c1-18-15-6-4-5-13(11-15)14(12-17)8-10-20-16-7-2-3-9-19-16/h4-6,11-12,14,16H,2-3,7-10H2,1H3. The second-order valence-corrected chi connectivity index (χ2v) is 4.97. The van der Waals surface area contributed by atoms with Crippen LogP contribution < -0.4 is 4.74 Å². The minimum Gasteiger partial charge on any atom is -0.497 e. The van der Waals surface area contributed by atoms with Gasteiger partial charge in [-0.3, -0.25) is 0 Å². The van der Waals surface area contributed by atoms with Crippen LogP contribution in [0.25, 0.3) is 0 Å². The third-order valence-corrected chi connectivity index (χ3v) is 3.56. The number of methoxy groups -OCH3 is 1. The Bertz CT molecular complexity index is 413. The van der Waals surface area contributed by atoms with Crippen molar-refractivity contribution < 1.29 is 19.0 Å². The molecule has 0 spiro atoms. The molecule has 20 heavy (non-hydrogen) atoms. The number of hydrogen-bond acceptors (Lipinski definition) is 4. The van der Waals surface area contributed by atoms with Gasteiger partial charge in [-0.25, -0.2) is 0 Å². The van der Waals surface area contributed by atoms with Crippen molar-refractivity contribution in [2.45, 2.75) is 37.9 Å². The molecule has 0 aliphatic carbocycles. The van der Waals surface area contributed by atoms with E-state index in [1.807, 2.05) is 24.3 Å². The van der Waals surface area contributed by atoms with Gasteiger partial charge in [0.1, 0.15) is 12.0 Å². The molecule has 1 aromatic carbocycles. The zero-order chi connectivity index (χ0) is 14.2. The van der Waals surface area contributed by atoms with E-state index >= 15 is 0 Å². The maximum absolute atomic E-state index is 11.3. The van der Waals surface area contributed by atoms with Crippen LogP contribution in [0.5, 0.6) is 5.75 Å². The summed E-state index contributed by atoms with van der Waals surface area (Å²) in [6, 6.07) is 7.61. The molecular weight excluding hydrogens is 256 g/mol. The summed E-state index contributed by atoms with van der Waals surface area (Å²) in [6.07, 6.45) is 4.75. The number of aldehydes is 1. The van der Waals surface area contributed by atoms with Crippen LogP contribution in [0, 0.1) is 0 Å². The summed E-state index contributed by atoms with van der Waals surface area (Å²) in [6.45, 7) is 1.31. The summed E-state index contributed by atoms with van der Waals surface area (Å²) in [5, 5.41) is 0. The molecular formula is C16H22O4. The summed E-state index contributed by atoms with van der Waals surface area (Å²) in [5.41, 5.74) is 0.965. The molecule has 1 aliphatic heterocycles. The molecule has 1 saturated heterocycles. The molecule has 4 nitrogen and oxygen atoms in total. The van der Waals surface area contributed by atoms with Crippen molar-refractivity contribution in [2.75, 3.05) is 20.3 Å². The topological polar surface area (TPSA) is 44.8 Å². The third-order valence-electron chi connectivity index (χ3n) is 3.56. The van der Waals surface area contributed by atoms with Gasteiger partial charge in [-0.1, -0.05) is 12.1 Å². The molecule has 0 aromatic heterocycles. The lowest BCUT2D eigenvalue weighted by Gasteiger charge is -2.23. The maximum Gasteiger partial charge on any atom is 0.157 e. The predicted molar refractivity (Wildman–Crippen MR) is 76.0 cm³/mol. The van der Waals surface area contributed by atoms with Gasteiger partial charge in [0.15, 0.2) is 6.29 Å². The number of hydrogen-bond donors (Lipinski definition) is 0. The monoisotopic (exact) mass is 278 g/mol. The number of benzene rings is 1. The normalized spacial score (nSPS) is 20.4. The lowest BCUT2D eigenvalue weighted by molar-refractivity contribution is -0.163. The van der Waals surface area contributed by atoms with Crippen molar-refractivity contribution in [1.29, 1.82) is 0 Å². The van der Waals surface area contributed by atoms with E-state index < -0.39 is 0 Å². The van der Waals surface area contributed by atoms with Crippen molar-refractivity contribution in [2.24, 2.45) is 0 Å². The molecule has 0 N–H and O–H groups in total. The highest BCUT2D eigenvalue weighted by Crippen LogP contribution is 2.23. The SMILES string of the molecule is COc1cccc(C(C=O)CCOC2CCCCO2)c1. The van der Waals surface area contributed by atoms with E-state index in [0.717, 1.165) is 43.5 Å². The van der Waals surface area contributed by atoms with Crippen molar-refractivity contribution in [1.82, 2.24) is 0 Å². The van der Waals surface area contributed by atoms with Gasteiger partial charge in [0.05, 0.1) is 13.7 Å². The molecule has 1 heterocycles. The fourth-order valence-electron chi connectivity index (χ4n) is 2.35. The van der Waals surface area contributed by atoms with Crippen LogP contribution in [0.1, 0.15) is 37.2 Å².